The predicted octanol–water partition coefficient (Wildman–Crippen LogP) is 3.10. The molecule has 14 heavy (non-hydrogen) atoms. The van der Waals surface area contributed by atoms with Gasteiger partial charge in [-0.25, -0.2) is 4.39 Å². The van der Waals surface area contributed by atoms with Crippen LogP contribution in [0.3, 0.4) is 0 Å². The molecule has 1 aromatic rings. The number of hydrogen-bond acceptors (Lipinski definition) is 1. The van der Waals surface area contributed by atoms with Gasteiger partial charge in [-0.15, -0.1) is 6.58 Å². The van der Waals surface area contributed by atoms with Crippen molar-refractivity contribution in [2.24, 2.45) is 5.73 Å². The van der Waals surface area contributed by atoms with Crippen LogP contribution >= 0.6 is 0 Å². The molecule has 0 aliphatic rings. The largest absolute Gasteiger partial charge is 0.324 e. The molecular weight excluding hydrogens is 177 g/mol. The van der Waals surface area contributed by atoms with Crippen molar-refractivity contribution in [2.45, 2.75) is 25.8 Å². The zero-order valence-corrected chi connectivity index (χ0v) is 8.46. The smallest absolute Gasteiger partial charge is 0.123 e. The van der Waals surface area contributed by atoms with E-state index in [1.54, 1.807) is 6.07 Å². The van der Waals surface area contributed by atoms with Crippen molar-refractivity contribution in [2.75, 3.05) is 0 Å². The number of halogens is 1. The highest BCUT2D eigenvalue weighted by Crippen LogP contribution is 2.20. The summed E-state index contributed by atoms with van der Waals surface area (Å²) in [6.07, 6.45) is 3.50. The zero-order chi connectivity index (χ0) is 10.6. The second-order valence-electron chi connectivity index (χ2n) is 3.47. The van der Waals surface area contributed by atoms with E-state index in [-0.39, 0.29) is 11.9 Å². The van der Waals surface area contributed by atoms with Crippen molar-refractivity contribution in [3.63, 3.8) is 0 Å². The second kappa shape index (κ2) is 4.91. The molecule has 2 heteroatoms. The van der Waals surface area contributed by atoms with Gasteiger partial charge >= 0.3 is 0 Å². The molecule has 1 rings (SSSR count). The summed E-state index contributed by atoms with van der Waals surface area (Å²) in [7, 11) is 0. The van der Waals surface area contributed by atoms with Gasteiger partial charge in [0.15, 0.2) is 0 Å². The maximum atomic E-state index is 13.0. The molecule has 0 spiro atoms. The van der Waals surface area contributed by atoms with E-state index in [0.717, 1.165) is 24.0 Å². The number of aryl methyl sites for hydroxylation is 1. The molecule has 0 bridgehead atoms. The van der Waals surface area contributed by atoms with Gasteiger partial charge in [0, 0.05) is 6.04 Å². The molecule has 1 nitrogen and oxygen atoms in total. The lowest BCUT2D eigenvalue weighted by Crippen LogP contribution is -2.11. The highest BCUT2D eigenvalue weighted by molar-refractivity contribution is 5.29. The Morgan fingerprint density at radius 2 is 2.29 bits per heavy atom. The predicted molar refractivity (Wildman–Crippen MR) is 57.5 cm³/mol. The first-order valence-electron chi connectivity index (χ1n) is 4.77. The van der Waals surface area contributed by atoms with E-state index >= 15 is 0 Å². The van der Waals surface area contributed by atoms with Gasteiger partial charge in [-0.3, -0.25) is 0 Å². The number of benzene rings is 1. The van der Waals surface area contributed by atoms with Crippen LogP contribution < -0.4 is 5.73 Å². The van der Waals surface area contributed by atoms with Crippen molar-refractivity contribution >= 4 is 0 Å². The Hall–Kier alpha value is -1.15. The summed E-state index contributed by atoms with van der Waals surface area (Å²) < 4.78 is 13.0. The molecular formula is C12H16FN. The van der Waals surface area contributed by atoms with E-state index in [4.69, 9.17) is 5.73 Å². The van der Waals surface area contributed by atoms with Crippen molar-refractivity contribution in [1.82, 2.24) is 0 Å². The molecule has 1 aromatic carbocycles. The minimum Gasteiger partial charge on any atom is -0.324 e. The Balaban J connectivity index is 2.82. The van der Waals surface area contributed by atoms with Gasteiger partial charge in [-0.2, -0.15) is 0 Å². The molecule has 0 aliphatic carbocycles. The van der Waals surface area contributed by atoms with E-state index in [9.17, 15) is 4.39 Å². The Bertz CT molecular complexity index is 320. The first-order valence-corrected chi connectivity index (χ1v) is 4.77. The molecule has 1 atom stereocenters. The molecule has 0 radical (unpaired) electrons. The van der Waals surface area contributed by atoms with E-state index in [1.165, 1.54) is 12.1 Å². The van der Waals surface area contributed by atoms with Gasteiger partial charge in [0.05, 0.1) is 0 Å². The fourth-order valence-corrected chi connectivity index (χ4v) is 1.46. The van der Waals surface area contributed by atoms with Crippen molar-refractivity contribution in [3.8, 4) is 0 Å². The molecule has 0 aliphatic heterocycles. The van der Waals surface area contributed by atoms with Gasteiger partial charge < -0.3 is 5.73 Å². The molecule has 0 unspecified atom stereocenters. The quantitative estimate of drug-likeness (QED) is 0.730. The van der Waals surface area contributed by atoms with Crippen LogP contribution in [0.25, 0.3) is 0 Å². The summed E-state index contributed by atoms with van der Waals surface area (Å²) in [6, 6.07) is 4.64. The fraction of sp³-hybridized carbons (Fsp3) is 0.333. The molecule has 0 fully saturated rings. The standard InChI is InChI=1S/C12H16FN/c1-3-4-5-12(14)11-8-10(13)7-6-9(11)2/h3,6-8,12H,1,4-5,14H2,2H3/t12-/m1/s1. The Labute approximate surface area is 84.4 Å². The average Bonchev–Trinajstić information content (AvgIpc) is 2.18. The van der Waals surface area contributed by atoms with Gasteiger partial charge in [0.2, 0.25) is 0 Å². The fourth-order valence-electron chi connectivity index (χ4n) is 1.46. The molecule has 2 N–H and O–H groups in total. The molecule has 0 heterocycles. The monoisotopic (exact) mass is 193 g/mol. The van der Waals surface area contributed by atoms with Crippen LogP contribution in [0.5, 0.6) is 0 Å². The summed E-state index contributed by atoms with van der Waals surface area (Å²) in [4.78, 5) is 0. The van der Waals surface area contributed by atoms with Crippen molar-refractivity contribution < 1.29 is 4.39 Å². The SMILES string of the molecule is C=CCC[C@@H](N)c1cc(F)ccc1C. The van der Waals surface area contributed by atoms with Crippen molar-refractivity contribution in [3.05, 3.63) is 47.8 Å². The Morgan fingerprint density at radius 3 is 2.93 bits per heavy atom. The number of rotatable bonds is 4. The van der Waals surface area contributed by atoms with Gasteiger partial charge in [0.25, 0.3) is 0 Å². The normalized spacial score (nSPS) is 12.5. The van der Waals surface area contributed by atoms with Crippen LogP contribution in [0.15, 0.2) is 30.9 Å². The third-order valence-electron chi connectivity index (χ3n) is 2.32. The second-order valence-corrected chi connectivity index (χ2v) is 3.47. The van der Waals surface area contributed by atoms with Gasteiger partial charge in [-0.05, 0) is 43.0 Å². The first-order chi connectivity index (χ1) is 6.65. The summed E-state index contributed by atoms with van der Waals surface area (Å²) in [5, 5.41) is 0. The van der Waals surface area contributed by atoms with Crippen LogP contribution in [-0.2, 0) is 0 Å². The summed E-state index contributed by atoms with van der Waals surface area (Å²) in [6.45, 7) is 5.58. The van der Waals surface area contributed by atoms with Crippen LogP contribution in [-0.4, -0.2) is 0 Å². The summed E-state index contributed by atoms with van der Waals surface area (Å²) >= 11 is 0. The lowest BCUT2D eigenvalue weighted by molar-refractivity contribution is 0.609. The maximum absolute atomic E-state index is 13.0. The minimum absolute atomic E-state index is 0.0938. The van der Waals surface area contributed by atoms with E-state index in [2.05, 4.69) is 6.58 Å². The molecule has 0 saturated heterocycles. The van der Waals surface area contributed by atoms with Crippen LogP contribution in [0.2, 0.25) is 0 Å². The molecule has 76 valence electrons. The van der Waals surface area contributed by atoms with Crippen LogP contribution in [0, 0.1) is 12.7 Å². The third kappa shape index (κ3) is 2.67. The maximum Gasteiger partial charge on any atom is 0.123 e. The zero-order valence-electron chi connectivity index (χ0n) is 8.46. The van der Waals surface area contributed by atoms with E-state index in [1.807, 2.05) is 13.0 Å². The minimum atomic E-state index is -0.223. The van der Waals surface area contributed by atoms with E-state index < -0.39 is 0 Å². The Kier molecular flexibility index (Phi) is 3.84. The Morgan fingerprint density at radius 1 is 1.57 bits per heavy atom. The molecule has 0 saturated carbocycles. The van der Waals surface area contributed by atoms with Crippen LogP contribution in [0.4, 0.5) is 4.39 Å². The highest BCUT2D eigenvalue weighted by atomic mass is 19.1. The average molecular weight is 193 g/mol. The lowest BCUT2D eigenvalue weighted by Gasteiger charge is -2.13. The lowest BCUT2D eigenvalue weighted by atomic mass is 9.98. The van der Waals surface area contributed by atoms with Gasteiger partial charge in [-0.1, -0.05) is 12.1 Å². The molecule has 0 amide bonds. The van der Waals surface area contributed by atoms with E-state index in [0.29, 0.717) is 0 Å². The van der Waals surface area contributed by atoms with Gasteiger partial charge in [0.1, 0.15) is 5.82 Å². The topological polar surface area (TPSA) is 26.0 Å². The summed E-state index contributed by atoms with van der Waals surface area (Å²) in [5.41, 5.74) is 7.88. The third-order valence-corrected chi connectivity index (χ3v) is 2.32. The highest BCUT2D eigenvalue weighted by Gasteiger charge is 2.08. The molecule has 0 aromatic heterocycles. The van der Waals surface area contributed by atoms with Crippen LogP contribution in [0.1, 0.15) is 30.0 Å². The number of allylic oxidation sites excluding steroid dienone is 1. The van der Waals surface area contributed by atoms with Crippen molar-refractivity contribution in [1.29, 1.82) is 0 Å². The first kappa shape index (κ1) is 10.9. The number of hydrogen-bond donors (Lipinski definition) is 1. The summed E-state index contributed by atoms with van der Waals surface area (Å²) in [5.74, 6) is -0.223. The number of nitrogens with two attached hydrogens (primary N) is 1.